The summed E-state index contributed by atoms with van der Waals surface area (Å²) in [5, 5.41) is 0. The van der Waals surface area contributed by atoms with E-state index in [0.717, 1.165) is 7.11 Å². The van der Waals surface area contributed by atoms with Crippen LogP contribution < -0.4 is 9.47 Å². The van der Waals surface area contributed by atoms with Gasteiger partial charge in [0.25, 0.3) is 0 Å². The summed E-state index contributed by atoms with van der Waals surface area (Å²) in [5.74, 6) is -1.28. The minimum atomic E-state index is -4.47. The van der Waals surface area contributed by atoms with Gasteiger partial charge in [0.2, 0.25) is 11.6 Å². The number of nitrogens with zero attached hydrogens (tertiary/aromatic N) is 1. The summed E-state index contributed by atoms with van der Waals surface area (Å²) in [6.07, 6.45) is -4.28. The van der Waals surface area contributed by atoms with Crippen LogP contribution in [0.1, 0.15) is 18.4 Å². The summed E-state index contributed by atoms with van der Waals surface area (Å²) in [4.78, 5) is 25.0. The van der Waals surface area contributed by atoms with Gasteiger partial charge < -0.3 is 19.1 Å². The number of likely N-dealkylation sites (tertiary alicyclic amines) is 1. The second-order valence-electron chi connectivity index (χ2n) is 6.41. The zero-order chi connectivity index (χ0) is 20.9. The molecule has 1 aromatic carbocycles. The fraction of sp³-hybridized carbons (Fsp3) is 0.556. The standard InChI is InChI=1S/C18H21F4NO5/c1-26-14-9-12(3-5-13(14)28-11-18(20,21)22)4-6-15(24)23-8-7-17(19,10-23)16(25)27-2/h3,5,9H,4,6-8,10-11H2,1-2H3. The number of rotatable bonds is 7. The summed E-state index contributed by atoms with van der Waals surface area (Å²) in [5.41, 5.74) is -1.55. The van der Waals surface area contributed by atoms with Crippen molar-refractivity contribution in [2.24, 2.45) is 0 Å². The van der Waals surface area contributed by atoms with Gasteiger partial charge in [0, 0.05) is 19.4 Å². The van der Waals surface area contributed by atoms with Crippen molar-refractivity contribution in [3.05, 3.63) is 23.8 Å². The Labute approximate surface area is 159 Å². The highest BCUT2D eigenvalue weighted by Crippen LogP contribution is 2.31. The Bertz CT molecular complexity index is 724. The first kappa shape index (κ1) is 21.8. The van der Waals surface area contributed by atoms with Crippen molar-refractivity contribution in [3.63, 3.8) is 0 Å². The van der Waals surface area contributed by atoms with Crippen LogP contribution in [-0.4, -0.2) is 62.5 Å². The van der Waals surface area contributed by atoms with Crippen LogP contribution in [0.15, 0.2) is 18.2 Å². The number of aryl methyl sites for hydroxylation is 1. The maximum Gasteiger partial charge on any atom is 0.422 e. The smallest absolute Gasteiger partial charge is 0.422 e. The molecule has 156 valence electrons. The first-order valence-corrected chi connectivity index (χ1v) is 8.49. The highest BCUT2D eigenvalue weighted by atomic mass is 19.4. The maximum absolute atomic E-state index is 14.4. The number of methoxy groups -OCH3 is 2. The summed E-state index contributed by atoms with van der Waals surface area (Å²) < 4.78 is 65.4. The van der Waals surface area contributed by atoms with Crippen LogP contribution in [0.3, 0.4) is 0 Å². The summed E-state index contributed by atoms with van der Waals surface area (Å²) in [7, 11) is 2.38. The molecular formula is C18H21F4NO5. The number of hydrogen-bond donors (Lipinski definition) is 0. The second-order valence-corrected chi connectivity index (χ2v) is 6.41. The lowest BCUT2D eigenvalue weighted by molar-refractivity contribution is -0.154. The van der Waals surface area contributed by atoms with Gasteiger partial charge in [-0.15, -0.1) is 0 Å². The molecule has 1 amide bonds. The van der Waals surface area contributed by atoms with Gasteiger partial charge in [-0.25, -0.2) is 9.18 Å². The minimum absolute atomic E-state index is 0.0448. The van der Waals surface area contributed by atoms with Crippen molar-refractivity contribution in [2.45, 2.75) is 31.1 Å². The van der Waals surface area contributed by atoms with E-state index in [1.165, 1.54) is 30.2 Å². The molecular weight excluding hydrogens is 386 g/mol. The third-order valence-electron chi connectivity index (χ3n) is 4.37. The topological polar surface area (TPSA) is 65.1 Å². The number of ether oxygens (including phenoxy) is 3. The van der Waals surface area contributed by atoms with E-state index in [9.17, 15) is 27.2 Å². The predicted molar refractivity (Wildman–Crippen MR) is 89.9 cm³/mol. The molecule has 6 nitrogen and oxygen atoms in total. The molecule has 1 aromatic rings. The lowest BCUT2D eigenvalue weighted by Crippen LogP contribution is -2.39. The monoisotopic (exact) mass is 407 g/mol. The van der Waals surface area contributed by atoms with E-state index in [1.807, 2.05) is 0 Å². The molecule has 10 heteroatoms. The molecule has 0 bridgehead atoms. The number of halogens is 4. The SMILES string of the molecule is COC(=O)C1(F)CCN(C(=O)CCc2ccc(OCC(F)(F)F)c(OC)c2)C1. The van der Waals surface area contributed by atoms with E-state index < -0.39 is 24.4 Å². The Morgan fingerprint density at radius 2 is 1.93 bits per heavy atom. The third-order valence-corrected chi connectivity index (χ3v) is 4.37. The quantitative estimate of drug-likeness (QED) is 0.514. The Morgan fingerprint density at radius 3 is 2.54 bits per heavy atom. The first-order chi connectivity index (χ1) is 13.1. The molecule has 0 radical (unpaired) electrons. The maximum atomic E-state index is 14.4. The Hall–Kier alpha value is -2.52. The first-order valence-electron chi connectivity index (χ1n) is 8.49. The molecule has 0 aliphatic carbocycles. The molecule has 0 saturated carbocycles. The van der Waals surface area contributed by atoms with Crippen molar-refractivity contribution >= 4 is 11.9 Å². The van der Waals surface area contributed by atoms with Gasteiger partial charge >= 0.3 is 12.1 Å². The molecule has 1 atom stereocenters. The number of benzene rings is 1. The minimum Gasteiger partial charge on any atom is -0.493 e. The van der Waals surface area contributed by atoms with Crippen molar-refractivity contribution < 1.29 is 41.4 Å². The van der Waals surface area contributed by atoms with Crippen LogP contribution in [0.5, 0.6) is 11.5 Å². The number of carbonyl (C=O) groups is 2. The highest BCUT2D eigenvalue weighted by molar-refractivity contribution is 5.83. The molecule has 1 aliphatic rings. The predicted octanol–water partition coefficient (Wildman–Crippen LogP) is 2.68. The van der Waals surface area contributed by atoms with E-state index in [2.05, 4.69) is 4.74 Å². The van der Waals surface area contributed by atoms with E-state index in [-0.39, 0.29) is 49.8 Å². The van der Waals surface area contributed by atoms with Crippen LogP contribution >= 0.6 is 0 Å². The Balaban J connectivity index is 1.93. The zero-order valence-corrected chi connectivity index (χ0v) is 15.5. The summed E-state index contributed by atoms with van der Waals surface area (Å²) >= 11 is 0. The molecule has 0 aromatic heterocycles. The molecule has 0 spiro atoms. The Morgan fingerprint density at radius 1 is 1.21 bits per heavy atom. The lowest BCUT2D eigenvalue weighted by Gasteiger charge is -2.19. The van der Waals surface area contributed by atoms with E-state index in [4.69, 9.17) is 9.47 Å². The van der Waals surface area contributed by atoms with Crippen LogP contribution in [0.4, 0.5) is 17.6 Å². The van der Waals surface area contributed by atoms with Gasteiger partial charge in [0.15, 0.2) is 18.1 Å². The number of carbonyl (C=O) groups excluding carboxylic acids is 2. The molecule has 0 N–H and O–H groups in total. The van der Waals surface area contributed by atoms with Gasteiger partial charge in [0.1, 0.15) is 0 Å². The van der Waals surface area contributed by atoms with Gasteiger partial charge in [-0.3, -0.25) is 4.79 Å². The van der Waals surface area contributed by atoms with Crippen molar-refractivity contribution in [1.29, 1.82) is 0 Å². The van der Waals surface area contributed by atoms with Crippen LogP contribution in [0, 0.1) is 0 Å². The molecule has 1 heterocycles. The average Bonchev–Trinajstić information content (AvgIpc) is 3.06. The number of amides is 1. The van der Waals surface area contributed by atoms with Gasteiger partial charge in [-0.1, -0.05) is 6.07 Å². The lowest BCUT2D eigenvalue weighted by atomic mass is 10.1. The largest absolute Gasteiger partial charge is 0.493 e. The molecule has 1 fully saturated rings. The van der Waals surface area contributed by atoms with Gasteiger partial charge in [-0.2, -0.15) is 13.2 Å². The Kier molecular flexibility index (Phi) is 6.73. The summed E-state index contributed by atoms with van der Waals surface area (Å²) in [6, 6.07) is 4.35. The van der Waals surface area contributed by atoms with E-state index in [0.29, 0.717) is 5.56 Å². The van der Waals surface area contributed by atoms with Gasteiger partial charge in [0.05, 0.1) is 20.8 Å². The van der Waals surface area contributed by atoms with Crippen LogP contribution in [0.25, 0.3) is 0 Å². The van der Waals surface area contributed by atoms with E-state index >= 15 is 0 Å². The van der Waals surface area contributed by atoms with Crippen LogP contribution in [-0.2, 0) is 20.7 Å². The summed E-state index contributed by atoms with van der Waals surface area (Å²) in [6.45, 7) is -1.69. The fourth-order valence-electron chi connectivity index (χ4n) is 2.89. The molecule has 1 aliphatic heterocycles. The van der Waals surface area contributed by atoms with E-state index in [1.54, 1.807) is 0 Å². The molecule has 1 unspecified atom stereocenters. The molecule has 2 rings (SSSR count). The zero-order valence-electron chi connectivity index (χ0n) is 15.5. The number of alkyl halides is 4. The molecule has 28 heavy (non-hydrogen) atoms. The van der Waals surface area contributed by atoms with Crippen molar-refractivity contribution in [3.8, 4) is 11.5 Å². The molecule has 1 saturated heterocycles. The average molecular weight is 407 g/mol. The second kappa shape index (κ2) is 8.66. The third kappa shape index (κ3) is 5.49. The van der Waals surface area contributed by atoms with Crippen LogP contribution in [0.2, 0.25) is 0 Å². The fourth-order valence-corrected chi connectivity index (χ4v) is 2.89. The van der Waals surface area contributed by atoms with Crippen molar-refractivity contribution in [2.75, 3.05) is 33.9 Å². The van der Waals surface area contributed by atoms with Gasteiger partial charge in [-0.05, 0) is 24.1 Å². The number of hydrogen-bond acceptors (Lipinski definition) is 5. The van der Waals surface area contributed by atoms with Crippen molar-refractivity contribution in [1.82, 2.24) is 4.90 Å². The number of esters is 1. The highest BCUT2D eigenvalue weighted by Gasteiger charge is 2.47. The normalized spacial score (nSPS) is 19.4.